The lowest BCUT2D eigenvalue weighted by Gasteiger charge is -2.27. The van der Waals surface area contributed by atoms with E-state index >= 15 is 0 Å². The molecule has 1 heterocycles. The SMILES string of the molecule is CCc1ccc(N(CC(=O)NCCN2CCOCC2)S(=O)(=O)c2cc(C)ccc2OC)cc1. The third-order valence-electron chi connectivity index (χ3n) is 5.66. The van der Waals surface area contributed by atoms with Crippen LogP contribution in [0.2, 0.25) is 0 Å². The van der Waals surface area contributed by atoms with Crippen LogP contribution >= 0.6 is 0 Å². The Kier molecular flexibility index (Phi) is 8.71. The minimum atomic E-state index is -4.06. The maximum Gasteiger partial charge on any atom is 0.268 e. The zero-order valence-corrected chi connectivity index (χ0v) is 20.4. The highest BCUT2D eigenvalue weighted by Gasteiger charge is 2.30. The van der Waals surface area contributed by atoms with E-state index in [1.165, 1.54) is 7.11 Å². The lowest BCUT2D eigenvalue weighted by molar-refractivity contribution is -0.119. The molecular formula is C24H33N3O5S. The third-order valence-corrected chi connectivity index (χ3v) is 7.46. The van der Waals surface area contributed by atoms with Crippen LogP contribution in [0.15, 0.2) is 47.4 Å². The first-order valence-corrected chi connectivity index (χ1v) is 12.6. The Morgan fingerprint density at radius 3 is 2.48 bits per heavy atom. The van der Waals surface area contributed by atoms with Crippen LogP contribution in [0.25, 0.3) is 0 Å². The van der Waals surface area contributed by atoms with E-state index in [1.807, 2.05) is 26.0 Å². The van der Waals surface area contributed by atoms with Crippen LogP contribution in [0.4, 0.5) is 5.69 Å². The van der Waals surface area contributed by atoms with Gasteiger partial charge in [-0.3, -0.25) is 14.0 Å². The number of aryl methyl sites for hydroxylation is 2. The molecule has 0 radical (unpaired) electrons. The molecule has 8 nitrogen and oxygen atoms in total. The van der Waals surface area contributed by atoms with E-state index in [0.717, 1.165) is 34.9 Å². The summed E-state index contributed by atoms with van der Waals surface area (Å²) in [5.74, 6) is -0.124. The minimum Gasteiger partial charge on any atom is -0.495 e. The Morgan fingerprint density at radius 2 is 1.85 bits per heavy atom. The molecule has 2 aromatic rings. The van der Waals surface area contributed by atoms with Gasteiger partial charge in [-0.15, -0.1) is 0 Å². The van der Waals surface area contributed by atoms with Crippen molar-refractivity contribution in [1.29, 1.82) is 0 Å². The van der Waals surface area contributed by atoms with E-state index in [1.54, 1.807) is 30.3 Å². The van der Waals surface area contributed by atoms with E-state index in [-0.39, 0.29) is 23.1 Å². The standard InChI is InChI=1S/C24H33N3O5S/c1-4-20-6-8-21(9-7-20)27(18-24(28)25-11-12-26-13-15-32-16-14-26)33(29,30)23-17-19(2)5-10-22(23)31-3/h5-10,17H,4,11-16,18H2,1-3H3,(H,25,28). The summed E-state index contributed by atoms with van der Waals surface area (Å²) in [5, 5.41) is 2.86. The van der Waals surface area contributed by atoms with Gasteiger partial charge in [0, 0.05) is 26.2 Å². The first kappa shape index (κ1) is 25.0. The van der Waals surface area contributed by atoms with Gasteiger partial charge in [-0.25, -0.2) is 8.42 Å². The molecule has 33 heavy (non-hydrogen) atoms. The van der Waals surface area contributed by atoms with Crippen molar-refractivity contribution in [3.8, 4) is 5.75 Å². The lowest BCUT2D eigenvalue weighted by Crippen LogP contribution is -2.45. The van der Waals surface area contributed by atoms with Gasteiger partial charge in [-0.05, 0) is 48.7 Å². The monoisotopic (exact) mass is 475 g/mol. The fraction of sp³-hybridized carbons (Fsp3) is 0.458. The van der Waals surface area contributed by atoms with Crippen molar-refractivity contribution in [3.63, 3.8) is 0 Å². The molecule has 0 aliphatic carbocycles. The summed E-state index contributed by atoms with van der Waals surface area (Å²) in [6.07, 6.45) is 0.834. The number of nitrogens with zero attached hydrogens (tertiary/aromatic N) is 2. The highest BCUT2D eigenvalue weighted by atomic mass is 32.2. The lowest BCUT2D eigenvalue weighted by atomic mass is 10.1. The number of benzene rings is 2. The van der Waals surface area contributed by atoms with Crippen molar-refractivity contribution in [2.75, 3.05) is 57.4 Å². The molecule has 0 bridgehead atoms. The Hall–Kier alpha value is -2.62. The van der Waals surface area contributed by atoms with E-state index in [9.17, 15) is 13.2 Å². The van der Waals surface area contributed by atoms with Gasteiger partial charge < -0.3 is 14.8 Å². The Morgan fingerprint density at radius 1 is 1.15 bits per heavy atom. The van der Waals surface area contributed by atoms with Crippen molar-refractivity contribution in [2.45, 2.75) is 25.2 Å². The zero-order valence-electron chi connectivity index (χ0n) is 19.5. The molecule has 1 aliphatic heterocycles. The molecule has 0 spiro atoms. The van der Waals surface area contributed by atoms with Crippen LogP contribution in [0.5, 0.6) is 5.75 Å². The van der Waals surface area contributed by atoms with E-state index < -0.39 is 10.0 Å². The van der Waals surface area contributed by atoms with E-state index in [4.69, 9.17) is 9.47 Å². The molecular weight excluding hydrogens is 442 g/mol. The number of amides is 1. The van der Waals surface area contributed by atoms with Crippen LogP contribution < -0.4 is 14.4 Å². The molecule has 0 saturated carbocycles. The third kappa shape index (κ3) is 6.46. The number of morpholine rings is 1. The maximum absolute atomic E-state index is 13.7. The average molecular weight is 476 g/mol. The highest BCUT2D eigenvalue weighted by molar-refractivity contribution is 7.93. The number of hydrogen-bond donors (Lipinski definition) is 1. The van der Waals surface area contributed by atoms with E-state index in [2.05, 4.69) is 10.2 Å². The predicted octanol–water partition coefficient (Wildman–Crippen LogP) is 2.21. The second-order valence-electron chi connectivity index (χ2n) is 7.99. The quantitative estimate of drug-likeness (QED) is 0.567. The molecule has 1 fully saturated rings. The molecule has 9 heteroatoms. The number of sulfonamides is 1. The first-order valence-electron chi connectivity index (χ1n) is 11.2. The average Bonchev–Trinajstić information content (AvgIpc) is 2.83. The number of nitrogens with one attached hydrogen (secondary N) is 1. The Bertz CT molecular complexity index is 1030. The van der Waals surface area contributed by atoms with Crippen LogP contribution in [-0.4, -0.2) is 72.3 Å². The van der Waals surface area contributed by atoms with Crippen LogP contribution in [-0.2, 0) is 26.0 Å². The fourth-order valence-corrected chi connectivity index (χ4v) is 5.35. The van der Waals surface area contributed by atoms with E-state index in [0.29, 0.717) is 32.0 Å². The molecule has 3 rings (SSSR count). The first-order chi connectivity index (χ1) is 15.8. The molecule has 0 unspecified atom stereocenters. The molecule has 180 valence electrons. The molecule has 0 atom stereocenters. The van der Waals surface area contributed by atoms with Crippen molar-refractivity contribution >= 4 is 21.6 Å². The molecule has 1 N–H and O–H groups in total. The number of carbonyl (C=O) groups is 1. The number of rotatable bonds is 10. The number of methoxy groups -OCH3 is 1. The molecule has 2 aromatic carbocycles. The summed E-state index contributed by atoms with van der Waals surface area (Å²) in [7, 11) is -2.63. The normalized spacial score (nSPS) is 14.6. The van der Waals surface area contributed by atoms with Gasteiger partial charge in [0.2, 0.25) is 5.91 Å². The van der Waals surface area contributed by atoms with Gasteiger partial charge in [-0.1, -0.05) is 25.1 Å². The van der Waals surface area contributed by atoms with Crippen molar-refractivity contribution in [1.82, 2.24) is 10.2 Å². The van der Waals surface area contributed by atoms with Gasteiger partial charge in [0.15, 0.2) is 0 Å². The molecule has 1 saturated heterocycles. The topological polar surface area (TPSA) is 88.2 Å². The summed E-state index contributed by atoms with van der Waals surface area (Å²) in [4.78, 5) is 15.0. The fourth-order valence-electron chi connectivity index (χ4n) is 3.68. The number of anilines is 1. The second kappa shape index (κ2) is 11.5. The summed E-state index contributed by atoms with van der Waals surface area (Å²) >= 11 is 0. The van der Waals surface area contributed by atoms with Crippen LogP contribution in [0.1, 0.15) is 18.1 Å². The molecule has 1 amide bonds. The summed E-state index contributed by atoms with van der Waals surface area (Å²) in [5.41, 5.74) is 2.30. The Balaban J connectivity index is 1.83. The summed E-state index contributed by atoms with van der Waals surface area (Å²) < 4.78 is 39.2. The maximum atomic E-state index is 13.7. The van der Waals surface area contributed by atoms with Crippen molar-refractivity contribution in [3.05, 3.63) is 53.6 Å². The van der Waals surface area contributed by atoms with Crippen LogP contribution in [0, 0.1) is 6.92 Å². The second-order valence-corrected chi connectivity index (χ2v) is 9.82. The number of ether oxygens (including phenoxy) is 2. The van der Waals surface area contributed by atoms with Crippen molar-refractivity contribution in [2.24, 2.45) is 0 Å². The Labute approximate surface area is 196 Å². The van der Waals surface area contributed by atoms with Gasteiger partial charge in [0.05, 0.1) is 26.0 Å². The molecule has 0 aromatic heterocycles. The van der Waals surface area contributed by atoms with Gasteiger partial charge in [0.25, 0.3) is 10.0 Å². The number of carbonyl (C=O) groups excluding carboxylic acids is 1. The van der Waals surface area contributed by atoms with Gasteiger partial charge in [-0.2, -0.15) is 0 Å². The zero-order chi connectivity index (χ0) is 23.8. The van der Waals surface area contributed by atoms with Gasteiger partial charge in [0.1, 0.15) is 17.2 Å². The minimum absolute atomic E-state index is 0.0330. The highest BCUT2D eigenvalue weighted by Crippen LogP contribution is 2.31. The molecule has 1 aliphatic rings. The smallest absolute Gasteiger partial charge is 0.268 e. The van der Waals surface area contributed by atoms with Gasteiger partial charge >= 0.3 is 0 Å². The van der Waals surface area contributed by atoms with Crippen LogP contribution in [0.3, 0.4) is 0 Å². The summed E-state index contributed by atoms with van der Waals surface area (Å²) in [6, 6.07) is 12.2. The number of hydrogen-bond acceptors (Lipinski definition) is 6. The summed E-state index contributed by atoms with van der Waals surface area (Å²) in [6.45, 7) is 7.68. The van der Waals surface area contributed by atoms with Crippen molar-refractivity contribution < 1.29 is 22.7 Å². The largest absolute Gasteiger partial charge is 0.495 e. The predicted molar refractivity (Wildman–Crippen MR) is 128 cm³/mol.